The Labute approximate surface area is 260 Å². The molecule has 2 aromatic carbocycles. The average molecular weight is 616 g/mol. The molecule has 9 nitrogen and oxygen atoms in total. The molecule has 1 unspecified atom stereocenters. The number of aliphatic imine (C=N–C) groups is 2. The van der Waals surface area contributed by atoms with E-state index in [0.29, 0.717) is 24.4 Å². The molecule has 1 aliphatic carbocycles. The van der Waals surface area contributed by atoms with Crippen LogP contribution in [0.4, 0.5) is 0 Å². The van der Waals surface area contributed by atoms with Gasteiger partial charge in [0.15, 0.2) is 5.76 Å². The van der Waals surface area contributed by atoms with E-state index in [1.54, 1.807) is 24.4 Å². The first-order valence-corrected chi connectivity index (χ1v) is 16.9. The zero-order chi connectivity index (χ0) is 31.3. The number of hydrogen-bond acceptors (Lipinski definition) is 8. The Balaban J connectivity index is 1.40. The van der Waals surface area contributed by atoms with Crippen LogP contribution in [0, 0.1) is 5.92 Å². The van der Waals surface area contributed by atoms with Crippen LogP contribution in [-0.4, -0.2) is 44.2 Å². The SMILES string of the molecule is C=C1C(Cc2ccc(-c3ccccc3S(=O)(=O)NC(=O)C3CC3)cc2)=C(CCCC)N=C(CC)N1C1N=CC(OCC)=CN1. The third-order valence-corrected chi connectivity index (χ3v) is 9.30. The second-order valence-electron chi connectivity index (χ2n) is 11.1. The predicted molar refractivity (Wildman–Crippen MR) is 174 cm³/mol. The van der Waals surface area contributed by atoms with E-state index in [-0.39, 0.29) is 17.1 Å². The Morgan fingerprint density at radius 3 is 2.50 bits per heavy atom. The third kappa shape index (κ3) is 6.96. The number of hydrogen-bond donors (Lipinski definition) is 2. The number of nitrogens with one attached hydrogen (secondary N) is 2. The fraction of sp³-hybridized carbons (Fsp3) is 0.382. The summed E-state index contributed by atoms with van der Waals surface area (Å²) in [6, 6.07) is 14.6. The molecular weight excluding hydrogens is 574 g/mol. The first-order valence-electron chi connectivity index (χ1n) is 15.4. The second kappa shape index (κ2) is 13.6. The van der Waals surface area contributed by atoms with Crippen molar-refractivity contribution in [1.82, 2.24) is 14.9 Å². The van der Waals surface area contributed by atoms with Gasteiger partial charge in [0.2, 0.25) is 12.2 Å². The maximum Gasteiger partial charge on any atom is 0.264 e. The maximum absolute atomic E-state index is 13.1. The highest BCUT2D eigenvalue weighted by atomic mass is 32.2. The van der Waals surface area contributed by atoms with E-state index >= 15 is 0 Å². The van der Waals surface area contributed by atoms with Crippen LogP contribution < -0.4 is 10.0 Å². The highest BCUT2D eigenvalue weighted by molar-refractivity contribution is 7.90. The molecule has 0 aromatic heterocycles. The van der Waals surface area contributed by atoms with E-state index in [9.17, 15) is 13.2 Å². The van der Waals surface area contributed by atoms with Crippen LogP contribution in [0.1, 0.15) is 64.9 Å². The minimum absolute atomic E-state index is 0.0890. The Kier molecular flexibility index (Phi) is 9.68. The van der Waals surface area contributed by atoms with Gasteiger partial charge >= 0.3 is 0 Å². The number of benzene rings is 2. The van der Waals surface area contributed by atoms with E-state index in [4.69, 9.17) is 14.7 Å². The number of ether oxygens (including phenoxy) is 1. The molecule has 0 bridgehead atoms. The predicted octanol–water partition coefficient (Wildman–Crippen LogP) is 6.03. The minimum Gasteiger partial charge on any atom is -0.491 e. The van der Waals surface area contributed by atoms with Gasteiger partial charge in [0.25, 0.3) is 10.0 Å². The van der Waals surface area contributed by atoms with Crippen molar-refractivity contribution < 1.29 is 17.9 Å². The van der Waals surface area contributed by atoms with E-state index < -0.39 is 15.9 Å². The summed E-state index contributed by atoms with van der Waals surface area (Å²) in [7, 11) is -4.00. The number of amides is 1. The molecule has 0 spiro atoms. The quantitative estimate of drug-likeness (QED) is 0.285. The smallest absolute Gasteiger partial charge is 0.264 e. The van der Waals surface area contributed by atoms with Crippen molar-refractivity contribution in [3.05, 3.63) is 89.6 Å². The fourth-order valence-corrected chi connectivity index (χ4v) is 6.64. The Bertz CT molecular complexity index is 1640. The molecule has 2 heterocycles. The van der Waals surface area contributed by atoms with Crippen LogP contribution in [0.25, 0.3) is 11.1 Å². The number of unbranched alkanes of at least 4 members (excludes halogenated alkanes) is 1. The van der Waals surface area contributed by atoms with Gasteiger partial charge in [-0.1, -0.05) is 69.3 Å². The highest BCUT2D eigenvalue weighted by Crippen LogP contribution is 2.34. The molecule has 0 radical (unpaired) electrons. The third-order valence-electron chi connectivity index (χ3n) is 7.89. The second-order valence-corrected chi connectivity index (χ2v) is 12.8. The van der Waals surface area contributed by atoms with Gasteiger partial charge in [-0.3, -0.25) is 9.69 Å². The highest BCUT2D eigenvalue weighted by Gasteiger charge is 2.34. The molecule has 2 aromatic rings. The average Bonchev–Trinajstić information content (AvgIpc) is 3.88. The maximum atomic E-state index is 13.1. The lowest BCUT2D eigenvalue weighted by molar-refractivity contribution is -0.120. The van der Waals surface area contributed by atoms with Crippen LogP contribution in [0.3, 0.4) is 0 Å². The molecule has 10 heteroatoms. The first kappa shape index (κ1) is 31.3. The van der Waals surface area contributed by atoms with Gasteiger partial charge in [0.1, 0.15) is 5.84 Å². The van der Waals surface area contributed by atoms with Crippen molar-refractivity contribution in [2.45, 2.75) is 76.9 Å². The van der Waals surface area contributed by atoms with Crippen LogP contribution >= 0.6 is 0 Å². The molecule has 1 atom stereocenters. The number of allylic oxidation sites excluding steroid dienone is 3. The van der Waals surface area contributed by atoms with Crippen LogP contribution in [-0.2, 0) is 26.0 Å². The Morgan fingerprint density at radius 1 is 1.11 bits per heavy atom. The number of nitrogens with zero attached hydrogens (tertiary/aromatic N) is 3. The Morgan fingerprint density at radius 2 is 1.86 bits per heavy atom. The van der Waals surface area contributed by atoms with E-state index in [1.807, 2.05) is 37.4 Å². The summed E-state index contributed by atoms with van der Waals surface area (Å²) >= 11 is 0. The fourth-order valence-electron chi connectivity index (χ4n) is 5.37. The molecule has 44 heavy (non-hydrogen) atoms. The van der Waals surface area contributed by atoms with Crippen molar-refractivity contribution >= 4 is 28.0 Å². The van der Waals surface area contributed by atoms with Crippen molar-refractivity contribution in [2.24, 2.45) is 15.9 Å². The zero-order valence-corrected chi connectivity index (χ0v) is 26.5. The van der Waals surface area contributed by atoms with Crippen molar-refractivity contribution in [2.75, 3.05) is 6.61 Å². The summed E-state index contributed by atoms with van der Waals surface area (Å²) in [5.74, 6) is 0.952. The van der Waals surface area contributed by atoms with Crippen LogP contribution in [0.5, 0.6) is 0 Å². The number of sulfonamides is 1. The van der Waals surface area contributed by atoms with Crippen LogP contribution in [0.2, 0.25) is 0 Å². The van der Waals surface area contributed by atoms with E-state index in [2.05, 4.69) is 35.4 Å². The molecule has 1 saturated carbocycles. The number of carbonyl (C=O) groups excluding carboxylic acids is 1. The Hall–Kier alpha value is -4.18. The number of carbonyl (C=O) groups is 1. The summed E-state index contributed by atoms with van der Waals surface area (Å²) in [4.78, 5) is 24.2. The molecule has 3 aliphatic rings. The lowest BCUT2D eigenvalue weighted by Crippen LogP contribution is -2.48. The number of rotatable bonds is 13. The van der Waals surface area contributed by atoms with Gasteiger partial charge in [-0.05, 0) is 49.8 Å². The summed E-state index contributed by atoms with van der Waals surface area (Å²) in [6.45, 7) is 11.3. The van der Waals surface area contributed by atoms with Gasteiger partial charge in [-0.15, -0.1) is 0 Å². The van der Waals surface area contributed by atoms with E-state index in [0.717, 1.165) is 72.5 Å². The lowest BCUT2D eigenvalue weighted by Gasteiger charge is -2.38. The van der Waals surface area contributed by atoms with Crippen molar-refractivity contribution in [3.8, 4) is 11.1 Å². The molecular formula is C34H41N5O4S. The topological polar surface area (TPSA) is 112 Å². The van der Waals surface area contributed by atoms with Crippen molar-refractivity contribution in [3.63, 3.8) is 0 Å². The minimum atomic E-state index is -4.00. The van der Waals surface area contributed by atoms with Gasteiger partial charge in [0.05, 0.1) is 17.7 Å². The zero-order valence-electron chi connectivity index (χ0n) is 25.7. The first-order chi connectivity index (χ1) is 21.2. The molecule has 1 amide bonds. The van der Waals surface area contributed by atoms with Gasteiger partial charge in [0, 0.05) is 47.5 Å². The van der Waals surface area contributed by atoms with Crippen molar-refractivity contribution in [1.29, 1.82) is 0 Å². The largest absolute Gasteiger partial charge is 0.491 e. The molecule has 5 rings (SSSR count). The summed E-state index contributed by atoms with van der Waals surface area (Å²) < 4.78 is 34.1. The normalized spacial score (nSPS) is 18.5. The van der Waals surface area contributed by atoms with Gasteiger partial charge in [-0.25, -0.2) is 23.1 Å². The summed E-state index contributed by atoms with van der Waals surface area (Å²) in [5.41, 5.74) is 5.31. The molecule has 2 aliphatic heterocycles. The molecule has 2 N–H and O–H groups in total. The summed E-state index contributed by atoms with van der Waals surface area (Å²) in [5, 5.41) is 3.33. The monoisotopic (exact) mass is 615 g/mol. The molecule has 0 saturated heterocycles. The lowest BCUT2D eigenvalue weighted by atomic mass is 9.95. The van der Waals surface area contributed by atoms with Gasteiger partial charge < -0.3 is 10.1 Å². The number of amidine groups is 1. The van der Waals surface area contributed by atoms with Crippen LogP contribution in [0.15, 0.2) is 98.9 Å². The van der Waals surface area contributed by atoms with Gasteiger partial charge in [-0.2, -0.15) is 0 Å². The summed E-state index contributed by atoms with van der Waals surface area (Å²) in [6.07, 6.45) is 8.91. The standard InChI is InChI=1S/C34H41N5O4S/c1-5-8-12-30-29(23(4)39(32(6-2)37-30)34-35-21-27(22-36-34)43-7-3)20-24-14-16-25(17-15-24)28-11-9-10-13-31(28)44(41,42)38-33(40)26-18-19-26/h9-11,13-17,21-22,26,34-35H,4-8,12,18-20H2,1-3H3,(H,38,40). The molecule has 1 fully saturated rings. The van der Waals surface area contributed by atoms with E-state index in [1.165, 1.54) is 6.07 Å². The molecule has 232 valence electrons.